The molecular weight excluding hydrogens is 316 g/mol. The molecule has 1 aliphatic rings. The molecule has 0 aliphatic heterocycles. The first-order chi connectivity index (χ1) is 12.1. The quantitative estimate of drug-likeness (QED) is 0.359. The van der Waals surface area contributed by atoms with E-state index < -0.39 is 0 Å². The molecule has 132 valence electrons. The van der Waals surface area contributed by atoms with E-state index in [0.29, 0.717) is 0 Å². The molecule has 0 fully saturated rings. The lowest BCUT2D eigenvalue weighted by Gasteiger charge is -2.21. The Morgan fingerprint density at radius 1 is 0.760 bits per heavy atom. The maximum absolute atomic E-state index is 2.50. The summed E-state index contributed by atoms with van der Waals surface area (Å²) in [6, 6.07) is 17.5. The summed E-state index contributed by atoms with van der Waals surface area (Å²) >= 11 is 0. The molecular formula is C24H32Si. The zero-order valence-corrected chi connectivity index (χ0v) is 17.2. The maximum atomic E-state index is 2.50. The van der Waals surface area contributed by atoms with Gasteiger partial charge in [-0.25, -0.2) is 0 Å². The summed E-state index contributed by atoms with van der Waals surface area (Å²) in [4.78, 5) is 0. The van der Waals surface area contributed by atoms with Crippen LogP contribution in [0.1, 0.15) is 76.8 Å². The molecule has 25 heavy (non-hydrogen) atoms. The molecule has 0 bridgehead atoms. The highest BCUT2D eigenvalue weighted by Crippen LogP contribution is 2.47. The molecule has 2 aromatic carbocycles. The Hall–Kier alpha value is -1.34. The highest BCUT2D eigenvalue weighted by molar-refractivity contribution is 6.53. The van der Waals surface area contributed by atoms with E-state index in [2.05, 4.69) is 63.2 Å². The van der Waals surface area contributed by atoms with Crippen molar-refractivity contribution in [1.29, 1.82) is 0 Å². The molecule has 0 amide bonds. The van der Waals surface area contributed by atoms with E-state index in [1.54, 1.807) is 5.19 Å². The zero-order valence-electron chi connectivity index (χ0n) is 16.2. The van der Waals surface area contributed by atoms with Crippen molar-refractivity contribution >= 4 is 14.7 Å². The largest absolute Gasteiger partial charge is 0.0808 e. The van der Waals surface area contributed by atoms with Crippen molar-refractivity contribution < 1.29 is 0 Å². The van der Waals surface area contributed by atoms with Gasteiger partial charge in [0.1, 0.15) is 0 Å². The predicted octanol–water partition coefficient (Wildman–Crippen LogP) is 6.49. The molecule has 0 unspecified atom stereocenters. The highest BCUT2D eigenvalue weighted by Gasteiger charge is 2.34. The van der Waals surface area contributed by atoms with Gasteiger partial charge in [0.05, 0.1) is 9.52 Å². The van der Waals surface area contributed by atoms with Crippen LogP contribution in [0.25, 0.3) is 11.1 Å². The molecule has 0 nitrogen and oxygen atoms in total. The van der Waals surface area contributed by atoms with Gasteiger partial charge in [0.15, 0.2) is 0 Å². The van der Waals surface area contributed by atoms with Crippen LogP contribution in [-0.2, 0) is 5.41 Å². The first kappa shape index (κ1) is 18.4. The van der Waals surface area contributed by atoms with Gasteiger partial charge in [0, 0.05) is 5.41 Å². The molecule has 2 radical (unpaired) electrons. The van der Waals surface area contributed by atoms with Crippen LogP contribution in [0.15, 0.2) is 42.5 Å². The highest BCUT2D eigenvalue weighted by atomic mass is 28.2. The number of unbranched alkanes of at least 4 members (excludes halogenated alkanes) is 6. The molecule has 0 atom stereocenters. The van der Waals surface area contributed by atoms with Gasteiger partial charge in [-0.1, -0.05) is 119 Å². The lowest BCUT2D eigenvalue weighted by atomic mass is 9.82. The van der Waals surface area contributed by atoms with Crippen LogP contribution >= 0.6 is 0 Å². The van der Waals surface area contributed by atoms with Gasteiger partial charge in [0.25, 0.3) is 0 Å². The number of benzene rings is 2. The van der Waals surface area contributed by atoms with Crippen molar-refractivity contribution in [3.05, 3.63) is 53.6 Å². The zero-order chi connectivity index (χ0) is 17.7. The average Bonchev–Trinajstić information content (AvgIpc) is 2.85. The number of rotatable bonds is 9. The summed E-state index contributed by atoms with van der Waals surface area (Å²) in [7, 11) is 0.963. The Labute approximate surface area is 156 Å². The normalized spacial score (nSPS) is 14.4. The van der Waals surface area contributed by atoms with Crippen molar-refractivity contribution in [3.63, 3.8) is 0 Å². The Morgan fingerprint density at radius 2 is 1.44 bits per heavy atom. The third-order valence-electron chi connectivity index (χ3n) is 5.69. The maximum Gasteiger partial charge on any atom is 0.0808 e. The van der Waals surface area contributed by atoms with E-state index in [1.807, 2.05) is 0 Å². The molecule has 1 heteroatoms. The van der Waals surface area contributed by atoms with Gasteiger partial charge < -0.3 is 0 Å². The predicted molar refractivity (Wildman–Crippen MR) is 112 cm³/mol. The summed E-state index contributed by atoms with van der Waals surface area (Å²) in [5, 5.41) is 1.55. The van der Waals surface area contributed by atoms with Gasteiger partial charge in [-0.15, -0.1) is 0 Å². The molecule has 2 aromatic rings. The minimum Gasteiger partial charge on any atom is -0.0654 e. The summed E-state index contributed by atoms with van der Waals surface area (Å²) in [5.41, 5.74) is 6.04. The number of hydrogen-bond acceptors (Lipinski definition) is 0. The van der Waals surface area contributed by atoms with Crippen molar-refractivity contribution in [2.75, 3.05) is 0 Å². The molecule has 3 rings (SSSR count). The Morgan fingerprint density at radius 3 is 2.24 bits per heavy atom. The van der Waals surface area contributed by atoms with E-state index >= 15 is 0 Å². The van der Waals surface area contributed by atoms with E-state index in [4.69, 9.17) is 0 Å². The van der Waals surface area contributed by atoms with Crippen LogP contribution in [0, 0.1) is 0 Å². The second kappa shape index (κ2) is 8.36. The molecule has 0 spiro atoms. The van der Waals surface area contributed by atoms with E-state index in [9.17, 15) is 0 Å². The Balaban J connectivity index is 1.56. The lowest BCUT2D eigenvalue weighted by Crippen LogP contribution is -2.20. The van der Waals surface area contributed by atoms with Crippen molar-refractivity contribution in [2.24, 2.45) is 0 Å². The SMILES string of the molecule is CCCCCCCCC[Si]c1ccc2c(c1)C(C)(C)c1ccccc1-2. The fourth-order valence-electron chi connectivity index (χ4n) is 4.13. The van der Waals surface area contributed by atoms with Gasteiger partial charge >= 0.3 is 0 Å². The van der Waals surface area contributed by atoms with Crippen LogP contribution in [0.5, 0.6) is 0 Å². The third-order valence-corrected chi connectivity index (χ3v) is 7.02. The Bertz CT molecular complexity index is 699. The molecule has 0 aromatic heterocycles. The second-order valence-electron chi connectivity index (χ2n) is 7.98. The molecule has 0 N–H and O–H groups in total. The second-order valence-corrected chi connectivity index (χ2v) is 9.41. The fourth-order valence-corrected chi connectivity index (χ4v) is 5.29. The van der Waals surface area contributed by atoms with Crippen molar-refractivity contribution in [3.8, 4) is 11.1 Å². The van der Waals surface area contributed by atoms with Crippen molar-refractivity contribution in [2.45, 2.75) is 77.2 Å². The molecule has 0 saturated carbocycles. The monoisotopic (exact) mass is 348 g/mol. The van der Waals surface area contributed by atoms with Gasteiger partial charge in [-0.05, 0) is 22.3 Å². The van der Waals surface area contributed by atoms with Crippen LogP contribution in [0.3, 0.4) is 0 Å². The number of hydrogen-bond donors (Lipinski definition) is 0. The minimum atomic E-state index is 0.145. The van der Waals surface area contributed by atoms with Gasteiger partial charge in [-0.3, -0.25) is 0 Å². The average molecular weight is 349 g/mol. The van der Waals surface area contributed by atoms with E-state index in [0.717, 1.165) is 9.52 Å². The van der Waals surface area contributed by atoms with Gasteiger partial charge in [0.2, 0.25) is 0 Å². The fraction of sp³-hybridized carbons (Fsp3) is 0.500. The lowest BCUT2D eigenvalue weighted by molar-refractivity contribution is 0.601. The third kappa shape index (κ3) is 4.08. The summed E-state index contributed by atoms with van der Waals surface area (Å²) < 4.78 is 0. The summed E-state index contributed by atoms with van der Waals surface area (Å²) in [6.45, 7) is 7.04. The standard InChI is InChI=1S/C24H32Si/c1-4-5-6-7-8-9-12-17-25-19-15-16-21-20-13-10-11-14-22(20)24(2,3)23(21)18-19/h10-11,13-16,18H,4-9,12,17H2,1-3H3. The van der Waals surface area contributed by atoms with Crippen LogP contribution < -0.4 is 5.19 Å². The molecule has 0 heterocycles. The van der Waals surface area contributed by atoms with Crippen LogP contribution in [0.4, 0.5) is 0 Å². The number of fused-ring (bicyclic) bond motifs is 3. The van der Waals surface area contributed by atoms with E-state index in [1.165, 1.54) is 73.2 Å². The smallest absolute Gasteiger partial charge is 0.0654 e. The van der Waals surface area contributed by atoms with Crippen molar-refractivity contribution in [1.82, 2.24) is 0 Å². The molecule has 1 aliphatic carbocycles. The minimum absolute atomic E-state index is 0.145. The first-order valence-electron chi connectivity index (χ1n) is 10.1. The Kier molecular flexibility index (Phi) is 6.17. The first-order valence-corrected chi connectivity index (χ1v) is 11.3. The van der Waals surface area contributed by atoms with Crippen LogP contribution in [-0.4, -0.2) is 9.52 Å². The van der Waals surface area contributed by atoms with E-state index in [-0.39, 0.29) is 5.41 Å². The van der Waals surface area contributed by atoms with Crippen LogP contribution in [0.2, 0.25) is 6.04 Å². The summed E-state index contributed by atoms with van der Waals surface area (Å²) in [5.74, 6) is 0. The summed E-state index contributed by atoms with van der Waals surface area (Å²) in [6.07, 6.45) is 9.86. The topological polar surface area (TPSA) is 0 Å². The van der Waals surface area contributed by atoms with Gasteiger partial charge in [-0.2, -0.15) is 0 Å². The molecule has 0 saturated heterocycles.